The van der Waals surface area contributed by atoms with Crippen LogP contribution in [-0.2, 0) is 7.05 Å². The van der Waals surface area contributed by atoms with Crippen LogP contribution < -0.4 is 10.6 Å². The molecule has 10 heteroatoms. The third-order valence-electron chi connectivity index (χ3n) is 6.61. The van der Waals surface area contributed by atoms with Crippen molar-refractivity contribution in [2.45, 2.75) is 32.0 Å². The molecule has 0 N–H and O–H groups in total. The molecule has 4 aromatic rings. The molecule has 9 nitrogen and oxygen atoms in total. The highest BCUT2D eigenvalue weighted by Gasteiger charge is 2.37. The molecule has 0 aliphatic carbocycles. The molecule has 3 aromatic heterocycles. The Bertz CT molecular complexity index is 1460. The van der Waals surface area contributed by atoms with Gasteiger partial charge in [-0.3, -0.25) is 9.47 Å². The monoisotopic (exact) mass is 473 g/mol. The lowest BCUT2D eigenvalue weighted by molar-refractivity contribution is 0.125. The summed E-state index contributed by atoms with van der Waals surface area (Å²) >= 11 is 0. The molecule has 4 heterocycles. The van der Waals surface area contributed by atoms with Gasteiger partial charge in [-0.2, -0.15) is 10.2 Å². The highest BCUT2D eigenvalue weighted by molar-refractivity contribution is 5.86. The van der Waals surface area contributed by atoms with Gasteiger partial charge in [-0.05, 0) is 43.7 Å². The van der Waals surface area contributed by atoms with E-state index in [2.05, 4.69) is 44.8 Å². The van der Waals surface area contributed by atoms with Gasteiger partial charge in [0.1, 0.15) is 35.1 Å². The van der Waals surface area contributed by atoms with Gasteiger partial charge in [0.15, 0.2) is 5.82 Å². The first kappa shape index (κ1) is 22.7. The van der Waals surface area contributed by atoms with Crippen LogP contribution in [0.2, 0.25) is 0 Å². The molecule has 0 spiro atoms. The Morgan fingerprint density at radius 3 is 2.54 bits per heavy atom. The Hall–Kier alpha value is -4.10. The van der Waals surface area contributed by atoms with Crippen LogP contribution in [0.15, 0.2) is 58.0 Å². The molecule has 35 heavy (non-hydrogen) atoms. The Morgan fingerprint density at radius 1 is 1.09 bits per heavy atom. The van der Waals surface area contributed by atoms with Gasteiger partial charge in [0.2, 0.25) is 0 Å². The van der Waals surface area contributed by atoms with E-state index in [0.717, 1.165) is 11.3 Å². The second-order valence-corrected chi connectivity index (χ2v) is 8.88. The first-order chi connectivity index (χ1) is 16.9. The number of benzene rings is 1. The number of rotatable bonds is 4. The van der Waals surface area contributed by atoms with E-state index in [1.807, 2.05) is 6.07 Å². The number of nitriles is 1. The fourth-order valence-corrected chi connectivity index (χ4v) is 4.82. The second kappa shape index (κ2) is 8.92. The van der Waals surface area contributed by atoms with E-state index < -0.39 is 0 Å². The lowest BCUT2D eigenvalue weighted by Gasteiger charge is -2.47. The normalized spacial score (nSPS) is 19.6. The number of hydrogen-bond acceptors (Lipinski definition) is 8. The summed E-state index contributed by atoms with van der Waals surface area (Å²) in [4.78, 5) is 25.9. The molecule has 0 amide bonds. The van der Waals surface area contributed by atoms with Crippen LogP contribution >= 0.6 is 0 Å². The van der Waals surface area contributed by atoms with Gasteiger partial charge in [-0.1, -0.05) is 17.3 Å². The molecule has 178 valence electrons. The number of aryl methyl sites for hydroxylation is 1. The van der Waals surface area contributed by atoms with Gasteiger partial charge in [-0.15, -0.1) is 0 Å². The molecule has 2 unspecified atom stereocenters. The summed E-state index contributed by atoms with van der Waals surface area (Å²) in [5.74, 6) is 0.172. The van der Waals surface area contributed by atoms with Gasteiger partial charge >= 0.3 is 5.69 Å². The van der Waals surface area contributed by atoms with Crippen molar-refractivity contribution in [2.75, 3.05) is 18.0 Å². The number of hydrogen-bond donors (Lipinski definition) is 0. The van der Waals surface area contributed by atoms with Crippen molar-refractivity contribution in [1.29, 1.82) is 5.26 Å². The molecule has 1 saturated heterocycles. The molecule has 0 saturated carbocycles. The Kier molecular flexibility index (Phi) is 5.78. The number of fused-ring (bicyclic) bond motifs is 1. The number of nitrogens with zero attached hydrogens (tertiary/aromatic N) is 7. The number of pyridine rings is 1. The fourth-order valence-electron chi connectivity index (χ4n) is 4.82. The van der Waals surface area contributed by atoms with Crippen LogP contribution in [0, 0.1) is 17.1 Å². The fraction of sp³-hybridized carbons (Fsp3) is 0.320. The van der Waals surface area contributed by atoms with Gasteiger partial charge < -0.3 is 9.42 Å². The lowest BCUT2D eigenvalue weighted by Crippen LogP contribution is -2.58. The first-order valence-electron chi connectivity index (χ1n) is 11.3. The van der Waals surface area contributed by atoms with Crippen molar-refractivity contribution in [3.8, 4) is 6.07 Å². The van der Waals surface area contributed by atoms with E-state index in [9.17, 15) is 14.4 Å². The predicted molar refractivity (Wildman–Crippen MR) is 127 cm³/mol. The summed E-state index contributed by atoms with van der Waals surface area (Å²) in [5, 5.41) is 13.6. The van der Waals surface area contributed by atoms with Gasteiger partial charge in [0.05, 0.1) is 11.6 Å². The Balaban J connectivity index is 1.54. The molecule has 1 aliphatic rings. The summed E-state index contributed by atoms with van der Waals surface area (Å²) in [6, 6.07) is 13.4. The summed E-state index contributed by atoms with van der Waals surface area (Å²) in [5.41, 5.74) is 2.67. The van der Waals surface area contributed by atoms with E-state index in [1.54, 1.807) is 31.3 Å². The quantitative estimate of drug-likeness (QED) is 0.446. The highest BCUT2D eigenvalue weighted by Crippen LogP contribution is 2.34. The van der Waals surface area contributed by atoms with Crippen LogP contribution in [-0.4, -0.2) is 49.8 Å². The highest BCUT2D eigenvalue weighted by atomic mass is 19.1. The lowest BCUT2D eigenvalue weighted by atomic mass is 9.97. The van der Waals surface area contributed by atoms with Crippen LogP contribution in [0.4, 0.5) is 10.2 Å². The van der Waals surface area contributed by atoms with Gasteiger partial charge in [0, 0.05) is 38.3 Å². The SMILES string of the molecule is CC1CN(c2nc(=O)n(C)c3ccc(C#N)nc23)[C@@H](C)CN1C(c1ccc(F)cc1)c1ccon1. The number of aromatic nitrogens is 4. The van der Waals surface area contributed by atoms with Crippen molar-refractivity contribution >= 4 is 16.9 Å². The average molecular weight is 474 g/mol. The van der Waals surface area contributed by atoms with E-state index in [-0.39, 0.29) is 35.3 Å². The molecular formula is C25H24FN7O2. The van der Waals surface area contributed by atoms with Crippen molar-refractivity contribution in [3.05, 3.63) is 82.0 Å². The molecule has 0 radical (unpaired) electrons. The molecule has 3 atom stereocenters. The van der Waals surface area contributed by atoms with Crippen LogP contribution in [0.5, 0.6) is 0 Å². The Labute approximate surface area is 201 Å². The molecule has 0 bridgehead atoms. The molecule has 1 aromatic carbocycles. The first-order valence-corrected chi connectivity index (χ1v) is 11.3. The standard InChI is InChI=1S/C25H24FN7O2/c1-15-14-33(24-22-21(31(3)25(34)29-24)9-8-19(12-27)28-22)16(2)13-32(15)23(20-10-11-35-30-20)17-4-6-18(26)7-5-17/h4-11,15-16,23H,13-14H2,1-3H3/t15?,16-,23?/m0/s1. The largest absolute Gasteiger partial charge is 0.364 e. The maximum atomic E-state index is 13.6. The summed E-state index contributed by atoms with van der Waals surface area (Å²) in [6.45, 7) is 5.33. The van der Waals surface area contributed by atoms with Crippen LogP contribution in [0.1, 0.15) is 36.8 Å². The topological polar surface area (TPSA) is 104 Å². The minimum Gasteiger partial charge on any atom is -0.364 e. The maximum Gasteiger partial charge on any atom is 0.349 e. The molecule has 5 rings (SSSR count). The third-order valence-corrected chi connectivity index (χ3v) is 6.61. The Morgan fingerprint density at radius 2 is 1.86 bits per heavy atom. The van der Waals surface area contributed by atoms with Crippen molar-refractivity contribution in [1.82, 2.24) is 24.6 Å². The zero-order chi connectivity index (χ0) is 24.7. The summed E-state index contributed by atoms with van der Waals surface area (Å²) < 4.78 is 20.2. The summed E-state index contributed by atoms with van der Waals surface area (Å²) in [6.07, 6.45) is 1.53. The zero-order valence-electron chi connectivity index (χ0n) is 19.6. The van der Waals surface area contributed by atoms with Crippen molar-refractivity contribution in [2.24, 2.45) is 7.05 Å². The number of anilines is 1. The molecule has 1 aliphatic heterocycles. The van der Waals surface area contributed by atoms with Crippen LogP contribution in [0.25, 0.3) is 11.0 Å². The minimum absolute atomic E-state index is 0.0120. The van der Waals surface area contributed by atoms with Crippen LogP contribution in [0.3, 0.4) is 0 Å². The van der Waals surface area contributed by atoms with Crippen molar-refractivity contribution in [3.63, 3.8) is 0 Å². The zero-order valence-corrected chi connectivity index (χ0v) is 19.6. The molecular weight excluding hydrogens is 449 g/mol. The molecule has 1 fully saturated rings. The van der Waals surface area contributed by atoms with Gasteiger partial charge in [-0.25, -0.2) is 14.2 Å². The van der Waals surface area contributed by atoms with E-state index in [0.29, 0.717) is 29.9 Å². The van der Waals surface area contributed by atoms with Gasteiger partial charge in [0.25, 0.3) is 0 Å². The predicted octanol–water partition coefficient (Wildman–Crippen LogP) is 3.02. The number of piperazine rings is 1. The maximum absolute atomic E-state index is 13.6. The van der Waals surface area contributed by atoms with E-state index in [1.165, 1.54) is 23.0 Å². The smallest absolute Gasteiger partial charge is 0.349 e. The van der Waals surface area contributed by atoms with Crippen molar-refractivity contribution < 1.29 is 8.91 Å². The van der Waals surface area contributed by atoms with E-state index >= 15 is 0 Å². The summed E-state index contributed by atoms with van der Waals surface area (Å²) in [7, 11) is 1.64. The number of halogens is 1. The average Bonchev–Trinajstić information content (AvgIpc) is 3.39. The van der Waals surface area contributed by atoms with E-state index in [4.69, 9.17) is 4.52 Å². The third kappa shape index (κ3) is 4.04. The minimum atomic E-state index is -0.381. The second-order valence-electron chi connectivity index (χ2n) is 8.88.